The van der Waals surface area contributed by atoms with Crippen LogP contribution in [0.15, 0.2) is 12.1 Å². The molecule has 1 saturated heterocycles. The van der Waals surface area contributed by atoms with Crippen molar-refractivity contribution in [1.29, 1.82) is 0 Å². The Balaban J connectivity index is 1.72. The van der Waals surface area contributed by atoms with Gasteiger partial charge in [0.15, 0.2) is 5.15 Å². The van der Waals surface area contributed by atoms with E-state index in [0.717, 1.165) is 25.3 Å². The molecule has 1 fully saturated rings. The van der Waals surface area contributed by atoms with Crippen molar-refractivity contribution < 1.29 is 0 Å². The number of hydrogen-bond acceptors (Lipinski definition) is 4. The minimum atomic E-state index is 0.452. The summed E-state index contributed by atoms with van der Waals surface area (Å²) in [6.45, 7) is 5.57. The summed E-state index contributed by atoms with van der Waals surface area (Å²) in [5.74, 6) is 0. The molecule has 1 aromatic heterocycles. The Hall–Kier alpha value is -0.710. The largest absolute Gasteiger partial charge is 0.302 e. The molecule has 0 spiro atoms. The molecule has 0 saturated carbocycles. The highest BCUT2D eigenvalue weighted by Crippen LogP contribution is 2.07. The first kappa shape index (κ1) is 12.7. The smallest absolute Gasteiger partial charge is 0.151 e. The maximum atomic E-state index is 5.70. The fraction of sp³-hybridized carbons (Fsp3) is 0.667. The number of hydrogen-bond donors (Lipinski definition) is 0. The zero-order valence-electron chi connectivity index (χ0n) is 10.3. The van der Waals surface area contributed by atoms with E-state index in [4.69, 9.17) is 11.6 Å². The highest BCUT2D eigenvalue weighted by Gasteiger charge is 2.11. The summed E-state index contributed by atoms with van der Waals surface area (Å²) < 4.78 is 0. The lowest BCUT2D eigenvalue weighted by Gasteiger charge is -2.20. The van der Waals surface area contributed by atoms with E-state index in [-0.39, 0.29) is 0 Å². The topological polar surface area (TPSA) is 32.3 Å². The number of rotatable bonds is 5. The van der Waals surface area contributed by atoms with Crippen LogP contribution < -0.4 is 0 Å². The van der Waals surface area contributed by atoms with E-state index in [2.05, 4.69) is 27.0 Å². The SMILES string of the molecule is CN(CCN1CCCC1)Cc1ccc(Cl)nn1. The van der Waals surface area contributed by atoms with Gasteiger partial charge in [0.2, 0.25) is 0 Å². The Morgan fingerprint density at radius 2 is 2.06 bits per heavy atom. The molecule has 0 N–H and O–H groups in total. The number of likely N-dealkylation sites (N-methyl/N-ethyl adjacent to an activating group) is 1. The van der Waals surface area contributed by atoms with Crippen LogP contribution in [0.5, 0.6) is 0 Å². The first-order valence-electron chi connectivity index (χ1n) is 6.13. The summed E-state index contributed by atoms with van der Waals surface area (Å²) in [6.07, 6.45) is 2.71. The molecule has 0 radical (unpaired) electrons. The average Bonchev–Trinajstić information content (AvgIpc) is 2.83. The maximum absolute atomic E-state index is 5.70. The van der Waals surface area contributed by atoms with Gasteiger partial charge in [-0.25, -0.2) is 0 Å². The predicted octanol–water partition coefficient (Wildman–Crippen LogP) is 1.66. The molecule has 0 aromatic carbocycles. The monoisotopic (exact) mass is 254 g/mol. The summed E-state index contributed by atoms with van der Waals surface area (Å²) >= 11 is 5.70. The molecule has 1 aromatic rings. The molecule has 5 heteroatoms. The van der Waals surface area contributed by atoms with E-state index in [1.165, 1.54) is 25.9 Å². The normalized spacial score (nSPS) is 16.9. The second-order valence-electron chi connectivity index (χ2n) is 4.63. The molecule has 0 amide bonds. The van der Waals surface area contributed by atoms with Gasteiger partial charge in [-0.1, -0.05) is 11.6 Å². The average molecular weight is 255 g/mol. The Kier molecular flexibility index (Phi) is 4.71. The lowest BCUT2D eigenvalue weighted by atomic mass is 10.3. The van der Waals surface area contributed by atoms with Crippen molar-refractivity contribution in [3.8, 4) is 0 Å². The molecule has 0 aliphatic carbocycles. The van der Waals surface area contributed by atoms with Crippen molar-refractivity contribution in [2.75, 3.05) is 33.2 Å². The van der Waals surface area contributed by atoms with Crippen LogP contribution in [0.2, 0.25) is 5.15 Å². The van der Waals surface area contributed by atoms with E-state index in [1.807, 2.05) is 6.07 Å². The zero-order chi connectivity index (χ0) is 12.1. The fourth-order valence-electron chi connectivity index (χ4n) is 2.10. The Morgan fingerprint density at radius 1 is 1.29 bits per heavy atom. The van der Waals surface area contributed by atoms with E-state index in [9.17, 15) is 0 Å². The quantitative estimate of drug-likeness (QED) is 0.800. The van der Waals surface area contributed by atoms with Crippen LogP contribution in [0.25, 0.3) is 0 Å². The number of halogens is 1. The summed E-state index contributed by atoms with van der Waals surface area (Å²) in [6, 6.07) is 3.72. The lowest BCUT2D eigenvalue weighted by Crippen LogP contribution is -2.31. The maximum Gasteiger partial charge on any atom is 0.151 e. The lowest BCUT2D eigenvalue weighted by molar-refractivity contribution is 0.250. The Bertz CT molecular complexity index is 335. The van der Waals surface area contributed by atoms with Crippen LogP contribution >= 0.6 is 11.6 Å². The molecule has 1 aliphatic heterocycles. The molecule has 17 heavy (non-hydrogen) atoms. The molecule has 0 bridgehead atoms. The van der Waals surface area contributed by atoms with Crippen LogP contribution in [-0.4, -0.2) is 53.2 Å². The minimum absolute atomic E-state index is 0.452. The van der Waals surface area contributed by atoms with E-state index in [0.29, 0.717) is 5.15 Å². The zero-order valence-corrected chi connectivity index (χ0v) is 11.0. The molecular formula is C12H19ClN4. The van der Waals surface area contributed by atoms with Gasteiger partial charge in [-0.3, -0.25) is 4.90 Å². The molecule has 4 nitrogen and oxygen atoms in total. The standard InChI is InChI=1S/C12H19ClN4/c1-16(8-9-17-6-2-3-7-17)10-11-4-5-12(13)15-14-11/h4-5H,2-3,6-10H2,1H3. The minimum Gasteiger partial charge on any atom is -0.302 e. The van der Waals surface area contributed by atoms with E-state index < -0.39 is 0 Å². The van der Waals surface area contributed by atoms with Gasteiger partial charge in [-0.15, -0.1) is 5.10 Å². The van der Waals surface area contributed by atoms with Crippen molar-refractivity contribution in [1.82, 2.24) is 20.0 Å². The third kappa shape index (κ3) is 4.22. The van der Waals surface area contributed by atoms with Crippen LogP contribution in [0.4, 0.5) is 0 Å². The van der Waals surface area contributed by atoms with Crippen molar-refractivity contribution in [3.63, 3.8) is 0 Å². The molecule has 0 unspecified atom stereocenters. The van der Waals surface area contributed by atoms with E-state index >= 15 is 0 Å². The first-order chi connectivity index (χ1) is 8.24. The predicted molar refractivity (Wildman–Crippen MR) is 69.1 cm³/mol. The fourth-order valence-corrected chi connectivity index (χ4v) is 2.20. The number of likely N-dealkylation sites (tertiary alicyclic amines) is 1. The number of nitrogens with zero attached hydrogens (tertiary/aromatic N) is 4. The van der Waals surface area contributed by atoms with Gasteiger partial charge < -0.3 is 4.90 Å². The summed E-state index contributed by atoms with van der Waals surface area (Å²) in [5.41, 5.74) is 0.971. The highest BCUT2D eigenvalue weighted by atomic mass is 35.5. The van der Waals surface area contributed by atoms with Crippen LogP contribution in [0.3, 0.4) is 0 Å². The van der Waals surface area contributed by atoms with Gasteiger partial charge in [0, 0.05) is 19.6 Å². The molecule has 2 heterocycles. The van der Waals surface area contributed by atoms with Gasteiger partial charge in [0.25, 0.3) is 0 Å². The first-order valence-corrected chi connectivity index (χ1v) is 6.51. The third-order valence-electron chi connectivity index (χ3n) is 3.12. The van der Waals surface area contributed by atoms with E-state index in [1.54, 1.807) is 6.07 Å². The third-order valence-corrected chi connectivity index (χ3v) is 3.32. The Labute approximate surface area is 108 Å². The van der Waals surface area contributed by atoms with Crippen LogP contribution in [0, 0.1) is 0 Å². The number of aromatic nitrogens is 2. The van der Waals surface area contributed by atoms with Crippen LogP contribution in [0.1, 0.15) is 18.5 Å². The van der Waals surface area contributed by atoms with Gasteiger partial charge in [0.05, 0.1) is 5.69 Å². The van der Waals surface area contributed by atoms with Crippen molar-refractivity contribution >= 4 is 11.6 Å². The molecule has 0 atom stereocenters. The molecule has 1 aliphatic rings. The second kappa shape index (κ2) is 6.28. The molecule has 2 rings (SSSR count). The second-order valence-corrected chi connectivity index (χ2v) is 5.02. The van der Waals surface area contributed by atoms with Crippen molar-refractivity contribution in [3.05, 3.63) is 23.0 Å². The summed E-state index contributed by atoms with van der Waals surface area (Å²) in [5, 5.41) is 8.36. The Morgan fingerprint density at radius 3 is 2.71 bits per heavy atom. The molecule has 94 valence electrons. The van der Waals surface area contributed by atoms with Gasteiger partial charge in [-0.05, 0) is 45.1 Å². The van der Waals surface area contributed by atoms with Gasteiger partial charge in [0.1, 0.15) is 0 Å². The van der Waals surface area contributed by atoms with Gasteiger partial charge in [-0.2, -0.15) is 5.10 Å². The van der Waals surface area contributed by atoms with Crippen LogP contribution in [-0.2, 0) is 6.54 Å². The van der Waals surface area contributed by atoms with Gasteiger partial charge >= 0.3 is 0 Å². The molecular weight excluding hydrogens is 236 g/mol. The summed E-state index contributed by atoms with van der Waals surface area (Å²) in [4.78, 5) is 4.79. The highest BCUT2D eigenvalue weighted by molar-refractivity contribution is 6.29. The van der Waals surface area contributed by atoms with Crippen molar-refractivity contribution in [2.24, 2.45) is 0 Å². The van der Waals surface area contributed by atoms with Crippen molar-refractivity contribution in [2.45, 2.75) is 19.4 Å². The summed E-state index contributed by atoms with van der Waals surface area (Å²) in [7, 11) is 2.12.